The predicted octanol–water partition coefficient (Wildman–Crippen LogP) is -0.144. The summed E-state index contributed by atoms with van der Waals surface area (Å²) < 4.78 is 11.2. The van der Waals surface area contributed by atoms with Gasteiger partial charge < -0.3 is 20.3 Å². The molecule has 0 saturated carbocycles. The van der Waals surface area contributed by atoms with E-state index >= 15 is 0 Å². The average molecular weight is 285 g/mol. The maximum absolute atomic E-state index is 11.2. The lowest BCUT2D eigenvalue weighted by Gasteiger charge is -2.29. The van der Waals surface area contributed by atoms with Crippen LogP contribution in [0.3, 0.4) is 0 Å². The Hall–Kier alpha value is -2.53. The molecular formula is C16H15NO4. The zero-order chi connectivity index (χ0) is 15.0. The Kier molecular flexibility index (Phi) is 3.27. The normalized spacial score (nSPS) is 20.9. The van der Waals surface area contributed by atoms with Crippen molar-refractivity contribution in [3.63, 3.8) is 0 Å². The van der Waals surface area contributed by atoms with Gasteiger partial charge in [0, 0.05) is 10.8 Å². The van der Waals surface area contributed by atoms with E-state index in [0.29, 0.717) is 11.0 Å². The molecule has 108 valence electrons. The van der Waals surface area contributed by atoms with Gasteiger partial charge in [-0.05, 0) is 17.4 Å². The van der Waals surface area contributed by atoms with E-state index in [1.807, 2.05) is 42.5 Å². The number of nitrogens with two attached hydrogens (primary N) is 1. The molecule has 0 amide bonds. The highest BCUT2D eigenvalue weighted by Gasteiger charge is 2.30. The van der Waals surface area contributed by atoms with Crippen LogP contribution in [0.5, 0.6) is 0 Å². The molecule has 0 fully saturated rings. The third-order valence-corrected chi connectivity index (χ3v) is 3.59. The lowest BCUT2D eigenvalue weighted by atomic mass is 9.95. The number of hydrogen-bond donors (Lipinski definition) is 2. The number of rotatable bonds is 3. The van der Waals surface area contributed by atoms with E-state index < -0.39 is 12.0 Å². The topological polar surface area (TPSA) is 81.8 Å². The van der Waals surface area contributed by atoms with Crippen molar-refractivity contribution in [3.8, 4) is 0 Å². The summed E-state index contributed by atoms with van der Waals surface area (Å²) in [6, 6.07) is 6.25. The van der Waals surface area contributed by atoms with Crippen molar-refractivity contribution >= 4 is 17.3 Å². The molecule has 5 heteroatoms. The summed E-state index contributed by atoms with van der Waals surface area (Å²) in [5.41, 5.74) is 6.64. The van der Waals surface area contributed by atoms with Crippen LogP contribution in [0.25, 0.3) is 11.3 Å². The van der Waals surface area contributed by atoms with Crippen LogP contribution in [0.2, 0.25) is 0 Å². The summed E-state index contributed by atoms with van der Waals surface area (Å²) in [6.07, 6.45) is 5.14. The van der Waals surface area contributed by atoms with Gasteiger partial charge in [0.25, 0.3) is 0 Å². The molecule has 1 aromatic rings. The number of methoxy groups -OCH3 is 1. The largest absolute Gasteiger partial charge is 0.496 e. The number of hydrogen-bond acceptors (Lipinski definition) is 4. The van der Waals surface area contributed by atoms with Gasteiger partial charge in [0.1, 0.15) is 17.6 Å². The molecule has 1 heterocycles. The third-order valence-electron chi connectivity index (χ3n) is 3.59. The molecule has 2 aliphatic rings. The van der Waals surface area contributed by atoms with Crippen molar-refractivity contribution in [2.24, 2.45) is 5.73 Å². The van der Waals surface area contributed by atoms with E-state index in [1.165, 1.54) is 0 Å². The highest BCUT2D eigenvalue weighted by atomic mass is 16.5. The summed E-state index contributed by atoms with van der Waals surface area (Å²) in [5.74, 6) is -0.141. The van der Waals surface area contributed by atoms with Crippen molar-refractivity contribution in [1.82, 2.24) is 0 Å². The standard InChI is InChI=1S/C16H15NO4/c1-20-11-7-4-8-12-13(11)9-5-2-3-6-10(9)15(21-12)14(17)16(18)19/h2-8,12,14H,17H2,1H3,(H,18,19). The van der Waals surface area contributed by atoms with E-state index in [9.17, 15) is 4.79 Å². The van der Waals surface area contributed by atoms with Crippen LogP contribution in [0.1, 0.15) is 0 Å². The second kappa shape index (κ2) is 5.10. The van der Waals surface area contributed by atoms with Crippen LogP contribution in [0.15, 0.2) is 48.3 Å². The first-order valence-electron chi connectivity index (χ1n) is 6.55. The average Bonchev–Trinajstić information content (AvgIpc) is 2.52. The van der Waals surface area contributed by atoms with E-state index in [0.717, 1.165) is 10.8 Å². The first-order valence-corrected chi connectivity index (χ1v) is 6.55. The lowest BCUT2D eigenvalue weighted by Crippen LogP contribution is -2.46. The first-order chi connectivity index (χ1) is 10.1. The number of benzene rings is 1. The van der Waals surface area contributed by atoms with Crippen molar-refractivity contribution in [2.75, 3.05) is 7.11 Å². The second-order valence-corrected chi connectivity index (χ2v) is 4.80. The Bertz CT molecular complexity index is 776. The number of ether oxygens (including phenoxy) is 2. The minimum atomic E-state index is -1.20. The molecule has 2 unspecified atom stereocenters. The van der Waals surface area contributed by atoms with Crippen molar-refractivity contribution in [1.29, 1.82) is 0 Å². The Morgan fingerprint density at radius 1 is 1.38 bits per heavy atom. The minimum Gasteiger partial charge on any atom is -0.496 e. The van der Waals surface area contributed by atoms with Crippen molar-refractivity contribution in [2.45, 2.75) is 12.1 Å². The number of carboxylic acids is 1. The lowest BCUT2D eigenvalue weighted by molar-refractivity contribution is -0.137. The zero-order valence-electron chi connectivity index (χ0n) is 11.4. The van der Waals surface area contributed by atoms with Gasteiger partial charge in [-0.15, -0.1) is 0 Å². The molecule has 3 rings (SSSR count). The first kappa shape index (κ1) is 13.5. The quantitative estimate of drug-likeness (QED) is 0.807. The van der Waals surface area contributed by atoms with Crippen LogP contribution >= 0.6 is 0 Å². The molecular weight excluding hydrogens is 270 g/mol. The van der Waals surface area contributed by atoms with E-state index in [4.69, 9.17) is 20.3 Å². The molecule has 3 N–H and O–H groups in total. The summed E-state index contributed by atoms with van der Waals surface area (Å²) in [7, 11) is 1.60. The molecule has 1 aliphatic carbocycles. The van der Waals surface area contributed by atoms with Gasteiger partial charge in [0.05, 0.1) is 7.11 Å². The number of fused-ring (bicyclic) bond motifs is 2. The Morgan fingerprint density at radius 2 is 2.10 bits per heavy atom. The third kappa shape index (κ3) is 2.11. The van der Waals surface area contributed by atoms with Crippen molar-refractivity contribution < 1.29 is 19.4 Å². The highest BCUT2D eigenvalue weighted by Crippen LogP contribution is 2.27. The smallest absolute Gasteiger partial charge is 0.328 e. The summed E-state index contributed by atoms with van der Waals surface area (Å²) in [6.45, 7) is 0. The molecule has 0 spiro atoms. The van der Waals surface area contributed by atoms with Gasteiger partial charge >= 0.3 is 5.97 Å². The Morgan fingerprint density at radius 3 is 2.76 bits per heavy atom. The van der Waals surface area contributed by atoms with E-state index in [-0.39, 0.29) is 11.9 Å². The number of allylic oxidation sites excluding steroid dienone is 2. The van der Waals surface area contributed by atoms with E-state index in [1.54, 1.807) is 7.11 Å². The monoisotopic (exact) mass is 285 g/mol. The number of aliphatic carboxylic acids is 1. The minimum absolute atomic E-state index is 0.272. The van der Waals surface area contributed by atoms with Gasteiger partial charge in [-0.2, -0.15) is 0 Å². The number of carbonyl (C=O) groups is 1. The number of carboxylic acid groups (broad SMARTS) is 1. The molecule has 0 bridgehead atoms. The fourth-order valence-corrected chi connectivity index (χ4v) is 2.62. The van der Waals surface area contributed by atoms with Gasteiger partial charge in [-0.1, -0.05) is 30.3 Å². The fraction of sp³-hybridized carbons (Fsp3) is 0.188. The van der Waals surface area contributed by atoms with Crippen LogP contribution in [-0.2, 0) is 14.3 Å². The molecule has 21 heavy (non-hydrogen) atoms. The maximum atomic E-state index is 11.2. The molecule has 5 nitrogen and oxygen atoms in total. The molecule has 1 aliphatic heterocycles. The van der Waals surface area contributed by atoms with Crippen molar-refractivity contribution in [3.05, 3.63) is 58.7 Å². The predicted molar refractivity (Wildman–Crippen MR) is 77.2 cm³/mol. The fourth-order valence-electron chi connectivity index (χ4n) is 2.62. The van der Waals surface area contributed by atoms with Crippen LogP contribution in [0.4, 0.5) is 0 Å². The summed E-state index contributed by atoms with van der Waals surface area (Å²) in [5, 5.41) is 10.7. The zero-order valence-corrected chi connectivity index (χ0v) is 11.4. The van der Waals surface area contributed by atoms with Gasteiger partial charge in [0.2, 0.25) is 0 Å². The molecule has 2 atom stereocenters. The molecule has 1 aromatic carbocycles. The molecule has 0 saturated heterocycles. The SMILES string of the molecule is COC1=CC=CC2OC(C(N)C(=O)O)=c3ccccc3=C12. The summed E-state index contributed by atoms with van der Waals surface area (Å²) >= 11 is 0. The van der Waals surface area contributed by atoms with Crippen LogP contribution < -0.4 is 16.2 Å². The molecule has 0 aromatic heterocycles. The van der Waals surface area contributed by atoms with Gasteiger partial charge in [0.15, 0.2) is 6.04 Å². The van der Waals surface area contributed by atoms with Crippen LogP contribution in [-0.4, -0.2) is 30.3 Å². The maximum Gasteiger partial charge on any atom is 0.328 e. The second-order valence-electron chi connectivity index (χ2n) is 4.80. The summed E-state index contributed by atoms with van der Waals surface area (Å²) in [4.78, 5) is 11.2. The van der Waals surface area contributed by atoms with Gasteiger partial charge in [-0.3, -0.25) is 4.79 Å². The Labute approximate surface area is 121 Å². The Balaban J connectivity index is 2.36. The van der Waals surface area contributed by atoms with E-state index in [2.05, 4.69) is 0 Å². The highest BCUT2D eigenvalue weighted by molar-refractivity contribution is 5.85. The molecule has 0 radical (unpaired) electrons. The van der Waals surface area contributed by atoms with Gasteiger partial charge in [-0.25, -0.2) is 0 Å². The van der Waals surface area contributed by atoms with Crippen LogP contribution in [0, 0.1) is 0 Å².